The molecule has 0 aliphatic carbocycles. The highest BCUT2D eigenvalue weighted by molar-refractivity contribution is 5.90. The average molecular weight is 233 g/mol. The van der Waals surface area contributed by atoms with E-state index in [0.29, 0.717) is 18.1 Å². The molecule has 1 aromatic rings. The van der Waals surface area contributed by atoms with Crippen LogP contribution in [-0.2, 0) is 0 Å². The third-order valence-corrected chi connectivity index (χ3v) is 2.03. The summed E-state index contributed by atoms with van der Waals surface area (Å²) in [5, 5.41) is 10.3. The number of benzene rings is 1. The van der Waals surface area contributed by atoms with E-state index in [4.69, 9.17) is 15.9 Å². The second kappa shape index (κ2) is 7.33. The lowest BCUT2D eigenvalue weighted by atomic mass is 10.3. The standard InChI is InChI=1S/C13H19N3O/c1-11(14)10-13(15)16-8-5-9-17-12-6-3-2-4-7-12/h2-4,6-7,10,14,16H,5,8-9,15H2,1H3/b13-10-,14-11?. The largest absolute Gasteiger partial charge is 0.494 e. The van der Waals surface area contributed by atoms with Gasteiger partial charge in [0.1, 0.15) is 5.75 Å². The van der Waals surface area contributed by atoms with Crippen LogP contribution >= 0.6 is 0 Å². The first-order valence-electron chi connectivity index (χ1n) is 5.62. The molecule has 0 unspecified atom stereocenters. The van der Waals surface area contributed by atoms with E-state index in [1.807, 2.05) is 30.3 Å². The van der Waals surface area contributed by atoms with Crippen molar-refractivity contribution in [3.8, 4) is 5.75 Å². The highest BCUT2D eigenvalue weighted by atomic mass is 16.5. The van der Waals surface area contributed by atoms with Crippen LogP contribution in [0.2, 0.25) is 0 Å². The van der Waals surface area contributed by atoms with Crippen LogP contribution < -0.4 is 15.8 Å². The summed E-state index contributed by atoms with van der Waals surface area (Å²) in [7, 11) is 0. The van der Waals surface area contributed by atoms with Crippen LogP contribution in [0.4, 0.5) is 0 Å². The molecule has 4 nitrogen and oxygen atoms in total. The molecule has 0 saturated carbocycles. The summed E-state index contributed by atoms with van der Waals surface area (Å²) in [6, 6.07) is 9.71. The van der Waals surface area contributed by atoms with Crippen molar-refractivity contribution >= 4 is 5.71 Å². The minimum absolute atomic E-state index is 0.440. The quantitative estimate of drug-likeness (QED) is 0.497. The smallest absolute Gasteiger partial charge is 0.119 e. The van der Waals surface area contributed by atoms with Gasteiger partial charge in [0.15, 0.2) is 0 Å². The molecule has 0 radical (unpaired) electrons. The van der Waals surface area contributed by atoms with Gasteiger partial charge in [-0.2, -0.15) is 0 Å². The first-order chi connectivity index (χ1) is 8.18. The molecule has 0 heterocycles. The summed E-state index contributed by atoms with van der Waals surface area (Å²) >= 11 is 0. The van der Waals surface area contributed by atoms with Crippen molar-refractivity contribution in [2.45, 2.75) is 13.3 Å². The molecule has 4 heteroatoms. The number of hydrogen-bond donors (Lipinski definition) is 3. The zero-order valence-corrected chi connectivity index (χ0v) is 10.1. The molecule has 0 aliphatic rings. The number of allylic oxidation sites excluding steroid dienone is 1. The fourth-order valence-corrected chi connectivity index (χ4v) is 1.30. The second-order valence-corrected chi connectivity index (χ2v) is 3.72. The van der Waals surface area contributed by atoms with E-state index in [9.17, 15) is 0 Å². The maximum Gasteiger partial charge on any atom is 0.119 e. The molecule has 1 rings (SSSR count). The van der Waals surface area contributed by atoms with Gasteiger partial charge in [0.25, 0.3) is 0 Å². The minimum Gasteiger partial charge on any atom is -0.494 e. The van der Waals surface area contributed by atoms with E-state index >= 15 is 0 Å². The van der Waals surface area contributed by atoms with Crippen molar-refractivity contribution in [3.05, 3.63) is 42.2 Å². The lowest BCUT2D eigenvalue weighted by Gasteiger charge is -2.08. The van der Waals surface area contributed by atoms with Gasteiger partial charge in [-0.25, -0.2) is 0 Å². The topological polar surface area (TPSA) is 71.1 Å². The van der Waals surface area contributed by atoms with Gasteiger partial charge in [0.2, 0.25) is 0 Å². The molecule has 0 amide bonds. The highest BCUT2D eigenvalue weighted by Crippen LogP contribution is 2.07. The van der Waals surface area contributed by atoms with Gasteiger partial charge in [-0.1, -0.05) is 18.2 Å². The maximum absolute atomic E-state index is 7.23. The summed E-state index contributed by atoms with van der Waals surface area (Å²) in [5.74, 6) is 1.41. The maximum atomic E-state index is 7.23. The Labute approximate surface area is 102 Å². The van der Waals surface area contributed by atoms with E-state index in [1.165, 1.54) is 0 Å². The fraction of sp³-hybridized carbons (Fsp3) is 0.308. The van der Waals surface area contributed by atoms with Gasteiger partial charge < -0.3 is 21.2 Å². The number of hydrogen-bond acceptors (Lipinski definition) is 4. The van der Waals surface area contributed by atoms with Crippen molar-refractivity contribution in [1.82, 2.24) is 5.32 Å². The van der Waals surface area contributed by atoms with Gasteiger partial charge >= 0.3 is 0 Å². The van der Waals surface area contributed by atoms with Crippen molar-refractivity contribution in [3.63, 3.8) is 0 Å². The molecule has 4 N–H and O–H groups in total. The van der Waals surface area contributed by atoms with Crippen LogP contribution in [0, 0.1) is 5.41 Å². The van der Waals surface area contributed by atoms with E-state index in [0.717, 1.165) is 18.7 Å². The summed E-state index contributed by atoms with van der Waals surface area (Å²) < 4.78 is 5.53. The predicted molar refractivity (Wildman–Crippen MR) is 70.2 cm³/mol. The molecular weight excluding hydrogens is 214 g/mol. The zero-order valence-electron chi connectivity index (χ0n) is 10.1. The zero-order chi connectivity index (χ0) is 12.5. The first-order valence-corrected chi connectivity index (χ1v) is 5.62. The molecule has 0 atom stereocenters. The Kier molecular flexibility index (Phi) is 5.64. The summed E-state index contributed by atoms with van der Waals surface area (Å²) in [5.41, 5.74) is 6.08. The first kappa shape index (κ1) is 13.1. The average Bonchev–Trinajstić information content (AvgIpc) is 2.29. The monoisotopic (exact) mass is 233 g/mol. The van der Waals surface area contributed by atoms with Crippen molar-refractivity contribution in [2.75, 3.05) is 13.2 Å². The van der Waals surface area contributed by atoms with Crippen LogP contribution in [0.3, 0.4) is 0 Å². The molecule has 0 spiro atoms. The molecule has 1 aromatic carbocycles. The van der Waals surface area contributed by atoms with E-state index < -0.39 is 0 Å². The number of para-hydroxylation sites is 1. The van der Waals surface area contributed by atoms with Crippen molar-refractivity contribution in [2.24, 2.45) is 5.73 Å². The lowest BCUT2D eigenvalue weighted by molar-refractivity contribution is 0.310. The Balaban J connectivity index is 2.11. The molecule has 92 valence electrons. The normalized spacial score (nSPS) is 11.0. The predicted octanol–water partition coefficient (Wildman–Crippen LogP) is 1.88. The van der Waals surface area contributed by atoms with Crippen LogP contribution in [0.1, 0.15) is 13.3 Å². The van der Waals surface area contributed by atoms with Gasteiger partial charge in [0, 0.05) is 12.3 Å². The second-order valence-electron chi connectivity index (χ2n) is 3.72. The number of ether oxygens (including phenoxy) is 1. The third-order valence-electron chi connectivity index (χ3n) is 2.03. The van der Waals surface area contributed by atoms with Crippen LogP contribution in [-0.4, -0.2) is 18.9 Å². The Morgan fingerprint density at radius 3 is 2.76 bits per heavy atom. The summed E-state index contributed by atoms with van der Waals surface area (Å²) in [4.78, 5) is 0. The number of nitrogens with two attached hydrogens (primary N) is 1. The Hall–Kier alpha value is -1.97. The molecule has 0 aliphatic heterocycles. The Morgan fingerprint density at radius 2 is 2.12 bits per heavy atom. The molecule has 17 heavy (non-hydrogen) atoms. The van der Waals surface area contributed by atoms with E-state index in [2.05, 4.69) is 5.32 Å². The van der Waals surface area contributed by atoms with E-state index in [-0.39, 0.29) is 0 Å². The highest BCUT2D eigenvalue weighted by Gasteiger charge is 1.93. The van der Waals surface area contributed by atoms with Gasteiger partial charge in [-0.3, -0.25) is 0 Å². The summed E-state index contributed by atoms with van der Waals surface area (Å²) in [6.07, 6.45) is 2.46. The molecule has 0 saturated heterocycles. The lowest BCUT2D eigenvalue weighted by Crippen LogP contribution is -2.23. The molecular formula is C13H19N3O. The Morgan fingerprint density at radius 1 is 1.41 bits per heavy atom. The fourth-order valence-electron chi connectivity index (χ4n) is 1.30. The van der Waals surface area contributed by atoms with E-state index in [1.54, 1.807) is 13.0 Å². The van der Waals surface area contributed by atoms with Gasteiger partial charge in [0.05, 0.1) is 12.4 Å². The molecule has 0 fully saturated rings. The molecule has 0 bridgehead atoms. The van der Waals surface area contributed by atoms with Crippen molar-refractivity contribution in [1.29, 1.82) is 5.41 Å². The number of rotatable bonds is 7. The molecule has 0 aromatic heterocycles. The van der Waals surface area contributed by atoms with Crippen molar-refractivity contribution < 1.29 is 4.74 Å². The van der Waals surface area contributed by atoms with Crippen LogP contribution in [0.25, 0.3) is 0 Å². The van der Waals surface area contributed by atoms with Crippen LogP contribution in [0.5, 0.6) is 5.75 Å². The minimum atomic E-state index is 0.440. The number of nitrogens with one attached hydrogen (secondary N) is 2. The van der Waals surface area contributed by atoms with Gasteiger partial charge in [-0.05, 0) is 31.6 Å². The third kappa shape index (κ3) is 6.25. The van der Waals surface area contributed by atoms with Crippen LogP contribution in [0.15, 0.2) is 42.2 Å². The Bertz CT molecular complexity index is 374. The SMILES string of the molecule is CC(=N)/C=C(/N)NCCCOc1ccccc1. The van der Waals surface area contributed by atoms with Gasteiger partial charge in [-0.15, -0.1) is 0 Å². The summed E-state index contributed by atoms with van der Waals surface area (Å²) in [6.45, 7) is 3.07.